The predicted octanol–water partition coefficient (Wildman–Crippen LogP) is 12.7. The molecule has 5 aromatic rings. The fourth-order valence-electron chi connectivity index (χ4n) is 8.82. The van der Waals surface area contributed by atoms with Crippen molar-refractivity contribution in [2.24, 2.45) is 0 Å². The quantitative estimate of drug-likeness (QED) is 0.197. The van der Waals surface area contributed by atoms with Gasteiger partial charge >= 0.3 is 0 Å². The van der Waals surface area contributed by atoms with Crippen LogP contribution in [0.4, 0.5) is 28.4 Å². The van der Waals surface area contributed by atoms with Crippen molar-refractivity contribution in [2.45, 2.75) is 64.2 Å². The molecule has 0 N–H and O–H groups in total. The molecule has 2 aliphatic carbocycles. The van der Waals surface area contributed by atoms with E-state index in [1.54, 1.807) is 5.57 Å². The van der Waals surface area contributed by atoms with Crippen LogP contribution in [0.1, 0.15) is 75.6 Å². The minimum atomic E-state index is -0.186. The van der Waals surface area contributed by atoms with E-state index in [0.29, 0.717) is 0 Å². The molecule has 2 aliphatic heterocycles. The van der Waals surface area contributed by atoms with Crippen LogP contribution < -0.4 is 9.80 Å². The second-order valence-corrected chi connectivity index (χ2v) is 14.8. The van der Waals surface area contributed by atoms with Gasteiger partial charge in [0.1, 0.15) is 0 Å². The van der Waals surface area contributed by atoms with Gasteiger partial charge in [-0.05, 0) is 107 Å². The first kappa shape index (κ1) is 29.1. The number of benzene rings is 5. The number of hydrogen-bond acceptors (Lipinski definition) is 2. The SMILES string of the molecule is CC1(C)C2=C(C=CCC2)N2c3ccc(N(c4ccc(C5=CC=CCC5)cc4)c4cccc5ccccc45)cc3C(C)(C)c3cccc1c32. The number of hydrogen-bond donors (Lipinski definition) is 0. The lowest BCUT2D eigenvalue weighted by atomic mass is 9.65. The lowest BCUT2D eigenvalue weighted by Gasteiger charge is -2.50. The van der Waals surface area contributed by atoms with Crippen LogP contribution in [0.2, 0.25) is 0 Å². The Labute approximate surface area is 285 Å². The third-order valence-corrected chi connectivity index (χ3v) is 11.4. The summed E-state index contributed by atoms with van der Waals surface area (Å²) in [6.45, 7) is 9.68. The maximum Gasteiger partial charge on any atom is 0.0543 e. The van der Waals surface area contributed by atoms with E-state index >= 15 is 0 Å². The molecule has 2 heteroatoms. The van der Waals surface area contributed by atoms with Gasteiger partial charge in [0.25, 0.3) is 0 Å². The minimum absolute atomic E-state index is 0.00323. The van der Waals surface area contributed by atoms with E-state index in [4.69, 9.17) is 0 Å². The molecule has 4 aliphatic rings. The highest BCUT2D eigenvalue weighted by Gasteiger charge is 2.46. The maximum absolute atomic E-state index is 2.59. The maximum atomic E-state index is 2.59. The highest BCUT2D eigenvalue weighted by atomic mass is 15.2. The summed E-state index contributed by atoms with van der Waals surface area (Å²) < 4.78 is 0. The van der Waals surface area contributed by atoms with Crippen LogP contribution in [0.5, 0.6) is 0 Å². The van der Waals surface area contributed by atoms with Crippen LogP contribution in [0, 0.1) is 0 Å². The van der Waals surface area contributed by atoms with Crippen molar-refractivity contribution in [3.63, 3.8) is 0 Å². The molecule has 2 heterocycles. The second-order valence-electron chi connectivity index (χ2n) is 14.8. The molecular weight excluding hydrogens is 581 g/mol. The smallest absolute Gasteiger partial charge is 0.0543 e. The lowest BCUT2D eigenvalue weighted by molar-refractivity contribution is 0.555. The molecule has 0 spiro atoms. The Balaban J connectivity index is 1.25. The summed E-state index contributed by atoms with van der Waals surface area (Å²) in [6, 6.07) is 38.9. The Bertz CT molecular complexity index is 2230. The Morgan fingerprint density at radius 1 is 0.646 bits per heavy atom. The summed E-state index contributed by atoms with van der Waals surface area (Å²) >= 11 is 0. The van der Waals surface area contributed by atoms with E-state index in [9.17, 15) is 0 Å². The first-order chi connectivity index (χ1) is 23.3. The Morgan fingerprint density at radius 3 is 2.19 bits per heavy atom. The average molecular weight is 623 g/mol. The molecule has 0 aromatic heterocycles. The van der Waals surface area contributed by atoms with Gasteiger partial charge in [0.2, 0.25) is 0 Å². The van der Waals surface area contributed by atoms with Gasteiger partial charge in [0.15, 0.2) is 0 Å². The summed E-state index contributed by atoms with van der Waals surface area (Å²) in [5.41, 5.74) is 15.8. The molecule has 0 unspecified atom stereocenters. The summed E-state index contributed by atoms with van der Waals surface area (Å²) in [4.78, 5) is 5.06. The van der Waals surface area contributed by atoms with Crippen molar-refractivity contribution < 1.29 is 0 Å². The Morgan fingerprint density at radius 2 is 1.38 bits per heavy atom. The van der Waals surface area contributed by atoms with Gasteiger partial charge in [-0.2, -0.15) is 0 Å². The van der Waals surface area contributed by atoms with E-state index < -0.39 is 0 Å². The largest absolute Gasteiger partial charge is 0.310 e. The summed E-state index contributed by atoms with van der Waals surface area (Å²) in [5.74, 6) is 0. The van der Waals surface area contributed by atoms with Gasteiger partial charge in [-0.1, -0.05) is 119 Å². The first-order valence-corrected chi connectivity index (χ1v) is 17.6. The van der Waals surface area contributed by atoms with Gasteiger partial charge in [-0.3, -0.25) is 0 Å². The normalized spacial score (nSPS) is 18.2. The third kappa shape index (κ3) is 4.25. The summed E-state index contributed by atoms with van der Waals surface area (Å²) in [6.07, 6.45) is 15.9. The van der Waals surface area contributed by atoms with Crippen LogP contribution in [-0.4, -0.2) is 0 Å². The van der Waals surface area contributed by atoms with Crippen LogP contribution in [-0.2, 0) is 10.8 Å². The lowest BCUT2D eigenvalue weighted by Crippen LogP contribution is -2.40. The molecule has 0 saturated heterocycles. The van der Waals surface area contributed by atoms with Gasteiger partial charge in [0, 0.05) is 33.3 Å². The zero-order valence-electron chi connectivity index (χ0n) is 28.4. The topological polar surface area (TPSA) is 6.48 Å². The van der Waals surface area contributed by atoms with Crippen molar-refractivity contribution in [3.8, 4) is 0 Å². The van der Waals surface area contributed by atoms with Crippen molar-refractivity contribution in [1.29, 1.82) is 0 Å². The molecule has 0 saturated carbocycles. The molecule has 0 amide bonds. The standard InChI is InChI=1S/C46H42N2/c1-45(2)37-19-10-11-22-42(37)48-43-29-28-35(30-40(43)46(3,4)39-21-13-20-38(45)44(39)48)47(41-23-12-17-33-16-8-9-18-36(33)41)34-26-24-32(25-27-34)31-14-6-5-7-15-31/h5-6,8-9,11-14,16-18,20-30H,7,10,15,19H2,1-4H3. The Kier molecular flexibility index (Phi) is 6.50. The minimum Gasteiger partial charge on any atom is -0.310 e. The predicted molar refractivity (Wildman–Crippen MR) is 204 cm³/mol. The molecule has 2 nitrogen and oxygen atoms in total. The van der Waals surface area contributed by atoms with E-state index in [1.165, 1.54) is 72.7 Å². The number of rotatable bonds is 4. The van der Waals surface area contributed by atoms with Crippen LogP contribution in [0.25, 0.3) is 16.3 Å². The number of para-hydroxylation sites is 1. The number of anilines is 5. The summed E-state index contributed by atoms with van der Waals surface area (Å²) in [5, 5.41) is 2.49. The third-order valence-electron chi connectivity index (χ3n) is 11.4. The summed E-state index contributed by atoms with van der Waals surface area (Å²) in [7, 11) is 0. The fraction of sp³-hybridized carbons (Fsp3) is 0.217. The molecule has 0 atom stereocenters. The van der Waals surface area contributed by atoms with Gasteiger partial charge in [0.05, 0.1) is 17.1 Å². The molecule has 48 heavy (non-hydrogen) atoms. The second kappa shape index (κ2) is 10.7. The zero-order chi connectivity index (χ0) is 32.6. The average Bonchev–Trinajstić information content (AvgIpc) is 3.12. The molecule has 5 aromatic carbocycles. The number of fused-ring (bicyclic) bond motifs is 4. The number of nitrogens with zero attached hydrogens (tertiary/aromatic N) is 2. The van der Waals surface area contributed by atoms with Gasteiger partial charge in [-0.25, -0.2) is 0 Å². The van der Waals surface area contributed by atoms with Crippen molar-refractivity contribution in [3.05, 3.63) is 167 Å². The molecule has 0 radical (unpaired) electrons. The van der Waals surface area contributed by atoms with E-state index in [1.807, 2.05) is 0 Å². The van der Waals surface area contributed by atoms with Crippen LogP contribution >= 0.6 is 0 Å². The highest BCUT2D eigenvalue weighted by molar-refractivity contribution is 5.99. The first-order valence-electron chi connectivity index (χ1n) is 17.6. The van der Waals surface area contributed by atoms with Crippen molar-refractivity contribution in [1.82, 2.24) is 0 Å². The molecule has 0 fully saturated rings. The van der Waals surface area contributed by atoms with Gasteiger partial charge < -0.3 is 9.80 Å². The molecule has 9 rings (SSSR count). The van der Waals surface area contributed by atoms with Crippen LogP contribution in [0.3, 0.4) is 0 Å². The Hall–Kier alpha value is -5.08. The van der Waals surface area contributed by atoms with Crippen LogP contribution in [0.15, 0.2) is 145 Å². The van der Waals surface area contributed by atoms with Crippen molar-refractivity contribution >= 4 is 44.8 Å². The van der Waals surface area contributed by atoms with E-state index in [0.717, 1.165) is 25.7 Å². The fourth-order valence-corrected chi connectivity index (χ4v) is 8.82. The highest BCUT2D eigenvalue weighted by Crippen LogP contribution is 2.59. The van der Waals surface area contributed by atoms with E-state index in [-0.39, 0.29) is 10.8 Å². The molecule has 0 bridgehead atoms. The van der Waals surface area contributed by atoms with Gasteiger partial charge in [-0.15, -0.1) is 0 Å². The number of allylic oxidation sites excluding steroid dienone is 7. The molecule has 236 valence electrons. The monoisotopic (exact) mass is 622 g/mol. The molecular formula is C46H42N2. The van der Waals surface area contributed by atoms with Crippen molar-refractivity contribution in [2.75, 3.05) is 9.80 Å². The van der Waals surface area contributed by atoms with E-state index in [2.05, 4.69) is 171 Å². The zero-order valence-corrected chi connectivity index (χ0v) is 28.4.